The van der Waals surface area contributed by atoms with Crippen LogP contribution in [-0.2, 0) is 0 Å². The lowest BCUT2D eigenvalue weighted by atomic mass is 10.2. The Hall–Kier alpha value is -3.06. The van der Waals surface area contributed by atoms with Crippen molar-refractivity contribution in [3.8, 4) is 17.3 Å². The highest BCUT2D eigenvalue weighted by Gasteiger charge is 2.12. The van der Waals surface area contributed by atoms with Crippen LogP contribution in [0.25, 0.3) is 28.6 Å². The zero-order valence-corrected chi connectivity index (χ0v) is 13.6. The minimum atomic E-state index is 0.644. The fourth-order valence-corrected chi connectivity index (χ4v) is 2.98. The van der Waals surface area contributed by atoms with E-state index < -0.39 is 0 Å². The van der Waals surface area contributed by atoms with E-state index in [1.54, 1.807) is 17.8 Å². The van der Waals surface area contributed by atoms with Crippen LogP contribution in [0.5, 0.6) is 5.75 Å². The van der Waals surface area contributed by atoms with Crippen molar-refractivity contribution in [2.75, 3.05) is 7.11 Å². The van der Waals surface area contributed by atoms with Crippen LogP contribution in [0.2, 0.25) is 0 Å². The summed E-state index contributed by atoms with van der Waals surface area (Å²) >= 11 is 1.48. The molecule has 118 valence electrons. The van der Waals surface area contributed by atoms with Crippen molar-refractivity contribution >= 4 is 28.4 Å². The molecule has 0 amide bonds. The van der Waals surface area contributed by atoms with Gasteiger partial charge in [-0.2, -0.15) is 9.61 Å². The maximum atomic E-state index is 5.16. The van der Waals surface area contributed by atoms with Crippen molar-refractivity contribution in [1.29, 1.82) is 0 Å². The predicted octanol–water partition coefficient (Wildman–Crippen LogP) is 3.43. The number of fused-ring (bicyclic) bond motifs is 1. The van der Waals surface area contributed by atoms with Crippen LogP contribution < -0.4 is 4.74 Å². The van der Waals surface area contributed by atoms with E-state index >= 15 is 0 Å². The molecular formula is C17H13N5OS. The molecule has 0 unspecified atom stereocenters. The molecule has 7 heteroatoms. The SMILES string of the molecule is COc1ccc(/C=C\c2nn3c(-c4ccccn4)nnc3s2)cc1. The molecule has 0 saturated carbocycles. The summed E-state index contributed by atoms with van der Waals surface area (Å²) in [7, 11) is 1.66. The second-order valence-electron chi connectivity index (χ2n) is 4.98. The molecule has 0 N–H and O–H groups in total. The first-order valence-electron chi connectivity index (χ1n) is 7.29. The Balaban J connectivity index is 1.63. The monoisotopic (exact) mass is 335 g/mol. The Morgan fingerprint density at radius 1 is 1.04 bits per heavy atom. The van der Waals surface area contributed by atoms with E-state index in [1.807, 2.05) is 54.6 Å². The summed E-state index contributed by atoms with van der Waals surface area (Å²) in [5, 5.41) is 13.7. The van der Waals surface area contributed by atoms with E-state index in [4.69, 9.17) is 4.74 Å². The summed E-state index contributed by atoms with van der Waals surface area (Å²) < 4.78 is 6.88. The van der Waals surface area contributed by atoms with Crippen LogP contribution >= 0.6 is 11.3 Å². The first-order chi connectivity index (χ1) is 11.8. The Bertz CT molecular complexity index is 989. The molecule has 4 rings (SSSR count). The van der Waals surface area contributed by atoms with Gasteiger partial charge >= 0.3 is 0 Å². The minimum Gasteiger partial charge on any atom is -0.497 e. The first kappa shape index (κ1) is 14.5. The van der Waals surface area contributed by atoms with Gasteiger partial charge in [-0.3, -0.25) is 4.98 Å². The molecule has 0 radical (unpaired) electrons. The van der Waals surface area contributed by atoms with Crippen LogP contribution in [0.3, 0.4) is 0 Å². The largest absolute Gasteiger partial charge is 0.497 e. The van der Waals surface area contributed by atoms with Gasteiger partial charge < -0.3 is 4.74 Å². The second kappa shape index (κ2) is 6.21. The lowest BCUT2D eigenvalue weighted by molar-refractivity contribution is 0.415. The number of aromatic nitrogens is 5. The van der Waals surface area contributed by atoms with Crippen molar-refractivity contribution in [1.82, 2.24) is 24.8 Å². The quantitative estimate of drug-likeness (QED) is 0.572. The maximum absolute atomic E-state index is 5.16. The van der Waals surface area contributed by atoms with E-state index in [2.05, 4.69) is 20.3 Å². The number of rotatable bonds is 4. The highest BCUT2D eigenvalue weighted by molar-refractivity contribution is 7.17. The van der Waals surface area contributed by atoms with Crippen molar-refractivity contribution in [3.05, 3.63) is 59.2 Å². The molecule has 6 nitrogen and oxygen atoms in total. The van der Waals surface area contributed by atoms with Gasteiger partial charge in [-0.15, -0.1) is 10.2 Å². The molecule has 0 aliphatic rings. The molecule has 24 heavy (non-hydrogen) atoms. The van der Waals surface area contributed by atoms with Crippen LogP contribution in [-0.4, -0.2) is 31.9 Å². The smallest absolute Gasteiger partial charge is 0.235 e. The second-order valence-corrected chi connectivity index (χ2v) is 5.97. The predicted molar refractivity (Wildman–Crippen MR) is 93.8 cm³/mol. The topological polar surface area (TPSA) is 65.2 Å². The van der Waals surface area contributed by atoms with E-state index in [9.17, 15) is 0 Å². The van der Waals surface area contributed by atoms with Crippen molar-refractivity contribution < 1.29 is 4.74 Å². The summed E-state index contributed by atoms with van der Waals surface area (Å²) in [6, 6.07) is 13.5. The number of hydrogen-bond acceptors (Lipinski definition) is 6. The average molecular weight is 335 g/mol. The third-order valence-electron chi connectivity index (χ3n) is 3.43. The van der Waals surface area contributed by atoms with E-state index in [0.717, 1.165) is 27.0 Å². The number of methoxy groups -OCH3 is 1. The average Bonchev–Trinajstić information content (AvgIpc) is 3.21. The van der Waals surface area contributed by atoms with Crippen LogP contribution in [0.15, 0.2) is 48.7 Å². The Kier molecular flexibility index (Phi) is 3.76. The summed E-state index contributed by atoms with van der Waals surface area (Å²) in [6.07, 6.45) is 5.70. The molecule has 1 aromatic carbocycles. The molecule has 0 aliphatic carbocycles. The number of pyridine rings is 1. The molecule has 3 aromatic heterocycles. The summed E-state index contributed by atoms with van der Waals surface area (Å²) in [5.41, 5.74) is 1.83. The Morgan fingerprint density at radius 3 is 2.67 bits per heavy atom. The van der Waals surface area contributed by atoms with E-state index in [-0.39, 0.29) is 0 Å². The van der Waals surface area contributed by atoms with Gasteiger partial charge in [0.2, 0.25) is 10.8 Å². The van der Waals surface area contributed by atoms with Gasteiger partial charge in [0, 0.05) is 6.20 Å². The van der Waals surface area contributed by atoms with E-state index in [0.29, 0.717) is 5.82 Å². The van der Waals surface area contributed by atoms with E-state index in [1.165, 1.54) is 11.3 Å². The van der Waals surface area contributed by atoms with Crippen molar-refractivity contribution in [2.24, 2.45) is 0 Å². The van der Waals surface area contributed by atoms with Crippen molar-refractivity contribution in [3.63, 3.8) is 0 Å². The molecule has 0 aliphatic heterocycles. The highest BCUT2D eigenvalue weighted by atomic mass is 32.1. The standard InChI is InChI=1S/C17H13N5OS/c1-23-13-8-5-12(6-9-13)7-10-15-21-22-16(19-20-17(22)24-15)14-4-2-3-11-18-14/h2-11H,1H3/b10-7-. The van der Waals surface area contributed by atoms with Crippen molar-refractivity contribution in [2.45, 2.75) is 0 Å². The highest BCUT2D eigenvalue weighted by Crippen LogP contribution is 2.21. The van der Waals surface area contributed by atoms with Gasteiger partial charge in [-0.05, 0) is 35.9 Å². The van der Waals surface area contributed by atoms with Crippen LogP contribution in [0.4, 0.5) is 0 Å². The third kappa shape index (κ3) is 2.77. The molecular weight excluding hydrogens is 322 g/mol. The van der Waals surface area contributed by atoms with Gasteiger partial charge in [0.15, 0.2) is 0 Å². The molecule has 4 aromatic rings. The Labute approximate surface area is 142 Å². The lowest BCUT2D eigenvalue weighted by Crippen LogP contribution is -1.92. The molecule has 0 spiro atoms. The molecule has 0 atom stereocenters. The fraction of sp³-hybridized carbons (Fsp3) is 0.0588. The minimum absolute atomic E-state index is 0.644. The lowest BCUT2D eigenvalue weighted by Gasteiger charge is -1.98. The molecule has 0 bridgehead atoms. The van der Waals surface area contributed by atoms with Gasteiger partial charge in [0.25, 0.3) is 0 Å². The number of ether oxygens (including phenoxy) is 1. The zero-order valence-electron chi connectivity index (χ0n) is 12.8. The van der Waals surface area contributed by atoms with Gasteiger partial charge in [-0.25, -0.2) is 0 Å². The number of nitrogens with zero attached hydrogens (tertiary/aromatic N) is 5. The third-order valence-corrected chi connectivity index (χ3v) is 4.30. The zero-order chi connectivity index (χ0) is 16.4. The fourth-order valence-electron chi connectivity index (χ4n) is 2.24. The molecule has 3 heterocycles. The normalized spacial score (nSPS) is 11.4. The van der Waals surface area contributed by atoms with Crippen LogP contribution in [0.1, 0.15) is 10.6 Å². The Morgan fingerprint density at radius 2 is 1.92 bits per heavy atom. The number of benzene rings is 1. The number of hydrogen-bond donors (Lipinski definition) is 0. The first-order valence-corrected chi connectivity index (χ1v) is 8.11. The summed E-state index contributed by atoms with van der Waals surface area (Å²) in [6.45, 7) is 0. The summed E-state index contributed by atoms with van der Waals surface area (Å²) in [5.74, 6) is 1.48. The molecule has 0 saturated heterocycles. The maximum Gasteiger partial charge on any atom is 0.235 e. The molecule has 0 fully saturated rings. The van der Waals surface area contributed by atoms with Gasteiger partial charge in [0.1, 0.15) is 16.5 Å². The van der Waals surface area contributed by atoms with Crippen LogP contribution in [0, 0.1) is 0 Å². The summed E-state index contributed by atoms with van der Waals surface area (Å²) in [4.78, 5) is 5.04. The van der Waals surface area contributed by atoms with Gasteiger partial charge in [-0.1, -0.05) is 35.6 Å². The van der Waals surface area contributed by atoms with Gasteiger partial charge in [0.05, 0.1) is 7.11 Å².